The Morgan fingerprint density at radius 3 is 0.644 bits per heavy atom. The van der Waals surface area contributed by atoms with Crippen LogP contribution in [0.15, 0.2) is 152 Å². The number of aromatic amines is 5. The summed E-state index contributed by atoms with van der Waals surface area (Å²) in [5.74, 6) is -12.5. The Morgan fingerprint density at radius 2 is 0.404 bits per heavy atom. The average molecular weight is 2010 g/mol. The Balaban J connectivity index is 0.997. The average Bonchev–Trinajstić information content (AvgIpc) is 1.65. The lowest BCUT2D eigenvalue weighted by atomic mass is 9.99. The standard InChI is InChI=1S/C97H137N37O12/c98-63(24-13-37-114-92(101)102)81(136)125-72(33-16-40-117-95(107)108)84(139)127-70(32-15-39-116-94(105)106)83(138)113-36-12-11-31-71(128-86(141)74(35-18-42-119-97(111)112)129-85(140)73(34-17-41-118-96(109)110)126-82(137)64(99)25-14-38-115-93(103)104)87(142)131-77(45-55-50-122-67-28-8-3-21-60(55)67)89(144)133-79(47-57-52-124-69-30-10-5-23-62(57)69)91(146)134-78(46-56-51-123-68-29-9-4-22-61(56)68)90(145)132-76(44-54-49-121-66-27-7-2-20-59(54)66)88(143)130-75(80(100)135)43-53-48-120-65-26-6-1-19-58(53)65/h1-10,19-23,26-30,48-52,63-64,70-79,120-124H,11-18,24-25,31-47,98-99H2,(H2,100,135)(H,113,138)(H,125,136)(H,126,137)(H,127,139)(H,128,141)(H,129,140)(H,130,143)(H,131,142)(H,132,145)(H,133,144)(H,134,146)(H4,101,102,114)(H4,103,104,115)(H4,105,106,116)(H4,107,108,117)(H4,109,110,118)(H4,111,112,119)/t63-,64-,70-,71-,72-,73-,74-,75-,76-,77-,78-,79-/m0/s1. The fourth-order valence-corrected chi connectivity index (χ4v) is 17.0. The third-order valence-corrected chi connectivity index (χ3v) is 24.7. The van der Waals surface area contributed by atoms with Crippen LogP contribution in [-0.4, -0.2) is 250 Å². The van der Waals surface area contributed by atoms with Gasteiger partial charge in [-0.2, -0.15) is 0 Å². The number of carbonyl (C=O) groups is 12. The zero-order chi connectivity index (χ0) is 105. The number of para-hydroxylation sites is 5. The number of rotatable bonds is 61. The molecule has 0 aliphatic rings. The number of H-pyrrole nitrogens is 5. The molecule has 0 saturated carbocycles. The summed E-state index contributed by atoms with van der Waals surface area (Å²) in [6.07, 6.45) is 7.87. The van der Waals surface area contributed by atoms with Gasteiger partial charge in [0.1, 0.15) is 60.4 Å². The van der Waals surface area contributed by atoms with E-state index in [0.29, 0.717) is 77.8 Å². The van der Waals surface area contributed by atoms with E-state index in [9.17, 15) is 28.8 Å². The molecule has 0 bridgehead atoms. The van der Waals surface area contributed by atoms with E-state index in [-0.39, 0.29) is 198 Å². The molecule has 0 aliphatic carbocycles. The molecule has 782 valence electrons. The van der Waals surface area contributed by atoms with Crippen molar-refractivity contribution in [2.45, 2.75) is 201 Å². The molecule has 5 aromatic heterocycles. The predicted molar refractivity (Wildman–Crippen MR) is 556 cm³/mol. The Morgan fingerprint density at radius 1 is 0.219 bits per heavy atom. The first-order valence-corrected chi connectivity index (χ1v) is 48.4. The van der Waals surface area contributed by atoms with Crippen molar-refractivity contribution in [2.24, 2.45) is 51.6 Å². The number of nitrogens with two attached hydrogens (primary N) is 9. The molecule has 146 heavy (non-hydrogen) atoms. The van der Waals surface area contributed by atoms with Gasteiger partial charge in [-0.1, -0.05) is 91.0 Å². The van der Waals surface area contributed by atoms with Crippen molar-refractivity contribution in [1.29, 1.82) is 32.5 Å². The number of benzene rings is 5. The third-order valence-electron chi connectivity index (χ3n) is 24.7. The zero-order valence-electron chi connectivity index (χ0n) is 81.0. The fourth-order valence-electron chi connectivity index (χ4n) is 17.0. The fraction of sp³-hybridized carbons (Fsp3) is 0.402. The van der Waals surface area contributed by atoms with Crippen molar-refractivity contribution in [1.82, 2.24) is 115 Å². The molecule has 0 aliphatic heterocycles. The summed E-state index contributed by atoms with van der Waals surface area (Å²) in [5.41, 5.74) is 58.4. The number of unbranched alkanes of at least 4 members (excludes halogenated alkanes) is 1. The van der Waals surface area contributed by atoms with Gasteiger partial charge in [0.15, 0.2) is 35.8 Å². The van der Waals surface area contributed by atoms with Crippen LogP contribution < -0.4 is 142 Å². The molecule has 49 heteroatoms. The molecule has 12 amide bonds. The summed E-state index contributed by atoms with van der Waals surface area (Å²) in [4.78, 5) is 197. The highest BCUT2D eigenvalue weighted by Gasteiger charge is 2.39. The van der Waals surface area contributed by atoms with Gasteiger partial charge in [0.25, 0.3) is 0 Å². The Labute approximate surface area is 840 Å². The van der Waals surface area contributed by atoms with E-state index >= 15 is 28.8 Å². The summed E-state index contributed by atoms with van der Waals surface area (Å²) >= 11 is 0. The highest BCUT2D eigenvalue weighted by Crippen LogP contribution is 2.27. The lowest BCUT2D eigenvalue weighted by molar-refractivity contribution is -0.136. The van der Waals surface area contributed by atoms with Crippen molar-refractivity contribution >= 4 is 161 Å². The van der Waals surface area contributed by atoms with Crippen LogP contribution in [0.5, 0.6) is 0 Å². The van der Waals surface area contributed by atoms with Crippen LogP contribution in [0.4, 0.5) is 0 Å². The maximum atomic E-state index is 16.3. The van der Waals surface area contributed by atoms with Crippen molar-refractivity contribution in [3.05, 3.63) is 180 Å². The number of nitrogens with one attached hydrogen (secondary N) is 28. The molecule has 5 heterocycles. The zero-order valence-corrected chi connectivity index (χ0v) is 81.0. The van der Waals surface area contributed by atoms with Crippen LogP contribution in [0, 0.1) is 32.5 Å². The van der Waals surface area contributed by atoms with Crippen molar-refractivity contribution in [3.8, 4) is 0 Å². The van der Waals surface area contributed by atoms with Crippen LogP contribution in [0.2, 0.25) is 0 Å². The quantitative estimate of drug-likeness (QED) is 0.0106. The molecule has 0 spiro atoms. The summed E-state index contributed by atoms with van der Waals surface area (Å²) in [6.45, 7) is 0.475. The summed E-state index contributed by atoms with van der Waals surface area (Å²) in [6, 6.07) is 18.9. The molecule has 10 aromatic rings. The van der Waals surface area contributed by atoms with Gasteiger partial charge in [0.2, 0.25) is 70.9 Å². The lowest BCUT2D eigenvalue weighted by Gasteiger charge is -2.28. The van der Waals surface area contributed by atoms with Crippen molar-refractivity contribution in [2.75, 3.05) is 45.8 Å². The van der Waals surface area contributed by atoms with Gasteiger partial charge in [0.05, 0.1) is 12.1 Å². The highest BCUT2D eigenvalue weighted by atomic mass is 16.2. The van der Waals surface area contributed by atoms with Gasteiger partial charge in [-0.15, -0.1) is 0 Å². The minimum Gasteiger partial charge on any atom is -0.370 e. The first-order chi connectivity index (χ1) is 70.0. The Bertz CT molecular complexity index is 6220. The predicted octanol–water partition coefficient (Wildman–Crippen LogP) is -2.54. The van der Waals surface area contributed by atoms with Crippen LogP contribution >= 0.6 is 0 Å². The highest BCUT2D eigenvalue weighted by molar-refractivity contribution is 6.01. The minimum absolute atomic E-state index is 0.0226. The second-order valence-corrected chi connectivity index (χ2v) is 35.7. The number of fused-ring (bicyclic) bond motifs is 5. The van der Waals surface area contributed by atoms with E-state index in [1.807, 2.05) is 66.7 Å². The number of aromatic nitrogens is 5. The van der Waals surface area contributed by atoms with E-state index in [1.165, 1.54) is 0 Å². The molecule has 0 saturated heterocycles. The number of primary amides is 1. The summed E-state index contributed by atoms with van der Waals surface area (Å²) < 4.78 is 0. The summed E-state index contributed by atoms with van der Waals surface area (Å²) in [7, 11) is 0. The molecule has 0 unspecified atom stereocenters. The Hall–Kier alpha value is -17.0. The van der Waals surface area contributed by atoms with Gasteiger partial charge >= 0.3 is 0 Å². The molecule has 0 fully saturated rings. The second-order valence-electron chi connectivity index (χ2n) is 35.7. The molecular weight excluding hydrogens is 1880 g/mol. The number of hydrogen-bond acceptors (Lipinski definition) is 20. The number of amides is 12. The molecular formula is C97H137N37O12. The van der Waals surface area contributed by atoms with Gasteiger partial charge < -0.3 is 167 Å². The number of hydrogen-bond donors (Lipinski definition) is 37. The topological polar surface area (TPSA) is 866 Å². The normalized spacial score (nSPS) is 13.7. The SMILES string of the molecule is N=C(N)NCCC[C@H](NC(=O)[C@H](CCCNC(=N)N)NC(=O)[C@@H](N)CCCNC(=N)N)C(=O)NCCCC[C@H](NC(=O)[C@H](CCCNC(=N)N)NC(=O)[C@H](CCCNC(=N)N)NC(=O)[C@@H](N)CCCNC(=N)N)C(=O)N[C@@H](Cc1c[nH]c2ccccc12)C(=O)N[C@@H](Cc1c[nH]c2ccccc12)C(=O)N[C@@H](Cc1c[nH]c2ccccc12)C(=O)N[C@@H](Cc1c[nH]c2ccccc12)C(=O)N[C@@H](Cc1c[nH]c2ccccc12)C(N)=O. The number of carbonyl (C=O) groups excluding carboxylic acids is 12. The van der Waals surface area contributed by atoms with Crippen LogP contribution in [0.3, 0.4) is 0 Å². The maximum absolute atomic E-state index is 16.3. The van der Waals surface area contributed by atoms with Crippen molar-refractivity contribution < 1.29 is 57.5 Å². The first-order valence-electron chi connectivity index (χ1n) is 48.4. The molecule has 49 nitrogen and oxygen atoms in total. The molecule has 12 atom stereocenters. The third kappa shape index (κ3) is 34.7. The monoisotopic (exact) mass is 2010 g/mol. The molecule has 0 radical (unpaired) electrons. The molecule has 46 N–H and O–H groups in total. The first kappa shape index (κ1) is 111. The molecule has 5 aromatic carbocycles. The van der Waals surface area contributed by atoms with Crippen LogP contribution in [0.25, 0.3) is 54.5 Å². The second kappa shape index (κ2) is 56.0. The van der Waals surface area contributed by atoms with E-state index < -0.39 is 149 Å². The van der Waals surface area contributed by atoms with Gasteiger partial charge in [-0.05, 0) is 154 Å². The van der Waals surface area contributed by atoms with Gasteiger partial charge in [-0.25, -0.2) is 0 Å². The maximum Gasteiger partial charge on any atom is 0.243 e. The van der Waals surface area contributed by atoms with Crippen molar-refractivity contribution in [3.63, 3.8) is 0 Å². The minimum atomic E-state index is -1.69. The van der Waals surface area contributed by atoms with E-state index in [2.05, 4.69) is 115 Å². The summed E-state index contributed by atoms with van der Waals surface area (Å²) in [5, 5.41) is 96.6. The van der Waals surface area contributed by atoms with Crippen LogP contribution in [-0.2, 0) is 89.6 Å². The van der Waals surface area contributed by atoms with E-state index in [0.717, 1.165) is 10.9 Å². The van der Waals surface area contributed by atoms with E-state index in [1.54, 1.807) is 85.6 Å². The van der Waals surface area contributed by atoms with Crippen LogP contribution in [0.1, 0.15) is 124 Å². The van der Waals surface area contributed by atoms with Gasteiger partial charge in [-0.3, -0.25) is 90.0 Å². The van der Waals surface area contributed by atoms with Gasteiger partial charge in [0, 0.05) is 163 Å². The largest absolute Gasteiger partial charge is 0.370 e. The van der Waals surface area contributed by atoms with E-state index in [4.69, 9.17) is 84.1 Å². The Kier molecular flexibility index (Phi) is 42.6. The number of guanidine groups is 6. The smallest absolute Gasteiger partial charge is 0.243 e. The molecule has 10 rings (SSSR count). The lowest BCUT2D eigenvalue weighted by Crippen LogP contribution is -2.61.